The summed E-state index contributed by atoms with van der Waals surface area (Å²) < 4.78 is 0. The molecule has 0 fully saturated rings. The molecule has 1 atom stereocenters. The molecule has 3 heteroatoms. The zero-order valence-corrected chi connectivity index (χ0v) is 9.58. The highest BCUT2D eigenvalue weighted by Gasteiger charge is 2.20. The molecule has 0 bridgehead atoms. The van der Waals surface area contributed by atoms with E-state index in [4.69, 9.17) is 0 Å². The van der Waals surface area contributed by atoms with E-state index in [1.54, 1.807) is 11.3 Å². The van der Waals surface area contributed by atoms with Gasteiger partial charge in [0.05, 0.1) is 0 Å². The molecule has 0 amide bonds. The van der Waals surface area contributed by atoms with Gasteiger partial charge in [-0.3, -0.25) is 0 Å². The summed E-state index contributed by atoms with van der Waals surface area (Å²) in [4.78, 5) is 7.59. The maximum Gasteiger partial charge on any atom is 0.113 e. The molecule has 1 aliphatic carbocycles. The SMILES string of the molecule is C1=CCC(c2ncc[nH]2)C(c2ccsc2)=C1. The van der Waals surface area contributed by atoms with Gasteiger partial charge in [0, 0.05) is 18.3 Å². The standard InChI is InChI=1S/C13H12N2S/c1-2-4-12(13-14-6-7-15-13)11(3-1)10-5-8-16-9-10/h1-3,5-9,12H,4H2,(H,14,15). The second kappa shape index (κ2) is 4.10. The minimum absolute atomic E-state index is 0.370. The third-order valence-electron chi connectivity index (χ3n) is 2.86. The first-order chi connectivity index (χ1) is 7.95. The summed E-state index contributed by atoms with van der Waals surface area (Å²) in [5.74, 6) is 1.43. The van der Waals surface area contributed by atoms with Crippen molar-refractivity contribution in [2.45, 2.75) is 12.3 Å². The topological polar surface area (TPSA) is 28.7 Å². The van der Waals surface area contributed by atoms with E-state index in [-0.39, 0.29) is 0 Å². The molecule has 2 heterocycles. The van der Waals surface area contributed by atoms with Crippen LogP contribution >= 0.6 is 11.3 Å². The van der Waals surface area contributed by atoms with E-state index in [0.717, 1.165) is 12.2 Å². The Hall–Kier alpha value is -1.61. The molecule has 0 spiro atoms. The molecule has 0 aromatic carbocycles. The molecule has 0 saturated carbocycles. The Kier molecular flexibility index (Phi) is 2.46. The molecule has 0 aliphatic heterocycles. The van der Waals surface area contributed by atoms with E-state index < -0.39 is 0 Å². The highest BCUT2D eigenvalue weighted by Crippen LogP contribution is 2.36. The lowest BCUT2D eigenvalue weighted by Gasteiger charge is -2.18. The van der Waals surface area contributed by atoms with E-state index >= 15 is 0 Å². The van der Waals surface area contributed by atoms with Gasteiger partial charge < -0.3 is 4.98 Å². The Morgan fingerprint density at radius 1 is 1.44 bits per heavy atom. The van der Waals surface area contributed by atoms with Crippen LogP contribution in [-0.4, -0.2) is 9.97 Å². The monoisotopic (exact) mass is 228 g/mol. The van der Waals surface area contributed by atoms with Gasteiger partial charge >= 0.3 is 0 Å². The summed E-state index contributed by atoms with van der Waals surface area (Å²) in [6.07, 6.45) is 11.3. The quantitative estimate of drug-likeness (QED) is 0.836. The molecule has 2 aromatic rings. The van der Waals surface area contributed by atoms with Crippen molar-refractivity contribution < 1.29 is 0 Å². The first kappa shape index (κ1) is 9.60. The Labute approximate surface area is 98.4 Å². The van der Waals surface area contributed by atoms with Crippen LogP contribution in [0, 0.1) is 0 Å². The number of allylic oxidation sites excluding steroid dienone is 4. The normalized spacial score (nSPS) is 19.8. The van der Waals surface area contributed by atoms with Gasteiger partial charge in [-0.1, -0.05) is 18.2 Å². The smallest absolute Gasteiger partial charge is 0.113 e. The Bertz CT molecular complexity index is 506. The van der Waals surface area contributed by atoms with Crippen LogP contribution < -0.4 is 0 Å². The number of nitrogens with one attached hydrogen (secondary N) is 1. The highest BCUT2D eigenvalue weighted by atomic mass is 32.1. The molecule has 80 valence electrons. The van der Waals surface area contributed by atoms with Gasteiger partial charge in [-0.05, 0) is 34.4 Å². The maximum atomic E-state index is 4.37. The predicted molar refractivity (Wildman–Crippen MR) is 67.4 cm³/mol. The fourth-order valence-corrected chi connectivity index (χ4v) is 2.75. The second-order valence-corrected chi connectivity index (χ2v) is 4.60. The van der Waals surface area contributed by atoms with Crippen molar-refractivity contribution >= 4 is 16.9 Å². The average molecular weight is 228 g/mol. The third kappa shape index (κ3) is 1.63. The number of thiophene rings is 1. The van der Waals surface area contributed by atoms with Crippen molar-refractivity contribution in [2.24, 2.45) is 0 Å². The fourth-order valence-electron chi connectivity index (χ4n) is 2.08. The molecule has 1 aliphatic rings. The lowest BCUT2D eigenvalue weighted by atomic mass is 9.87. The molecular formula is C13H12N2S. The lowest BCUT2D eigenvalue weighted by Crippen LogP contribution is -2.05. The molecule has 1 N–H and O–H groups in total. The minimum Gasteiger partial charge on any atom is -0.348 e. The van der Waals surface area contributed by atoms with E-state index in [2.05, 4.69) is 45.0 Å². The van der Waals surface area contributed by atoms with Crippen LogP contribution in [0.1, 0.15) is 23.7 Å². The van der Waals surface area contributed by atoms with Gasteiger partial charge in [-0.2, -0.15) is 11.3 Å². The maximum absolute atomic E-state index is 4.37. The van der Waals surface area contributed by atoms with Gasteiger partial charge in [-0.15, -0.1) is 0 Å². The molecule has 1 unspecified atom stereocenters. The summed E-state index contributed by atoms with van der Waals surface area (Å²) in [5, 5.41) is 4.31. The van der Waals surface area contributed by atoms with Crippen LogP contribution in [0.15, 0.2) is 47.4 Å². The van der Waals surface area contributed by atoms with Crippen molar-refractivity contribution in [2.75, 3.05) is 0 Å². The van der Waals surface area contributed by atoms with Gasteiger partial charge in [0.15, 0.2) is 0 Å². The first-order valence-corrected chi connectivity index (χ1v) is 6.28. The lowest BCUT2D eigenvalue weighted by molar-refractivity contribution is 0.808. The Morgan fingerprint density at radius 3 is 3.19 bits per heavy atom. The summed E-state index contributed by atoms with van der Waals surface area (Å²) in [6.45, 7) is 0. The van der Waals surface area contributed by atoms with Crippen LogP contribution in [-0.2, 0) is 0 Å². The number of aromatic amines is 1. The number of imidazole rings is 1. The zero-order valence-electron chi connectivity index (χ0n) is 8.76. The summed E-state index contributed by atoms with van der Waals surface area (Å²) in [5.41, 5.74) is 2.68. The fraction of sp³-hybridized carbons (Fsp3) is 0.154. The van der Waals surface area contributed by atoms with Gasteiger partial charge in [0.2, 0.25) is 0 Å². The number of rotatable bonds is 2. The number of hydrogen-bond donors (Lipinski definition) is 1. The molecule has 2 nitrogen and oxygen atoms in total. The average Bonchev–Trinajstić information content (AvgIpc) is 3.03. The summed E-state index contributed by atoms with van der Waals surface area (Å²) >= 11 is 1.74. The first-order valence-electron chi connectivity index (χ1n) is 5.34. The number of aromatic nitrogens is 2. The number of H-pyrrole nitrogens is 1. The molecular weight excluding hydrogens is 216 g/mol. The molecule has 0 radical (unpaired) electrons. The van der Waals surface area contributed by atoms with Crippen molar-refractivity contribution in [3.63, 3.8) is 0 Å². The van der Waals surface area contributed by atoms with Crippen LogP contribution in [0.3, 0.4) is 0 Å². The van der Waals surface area contributed by atoms with Crippen molar-refractivity contribution in [1.29, 1.82) is 0 Å². The van der Waals surface area contributed by atoms with Crippen LogP contribution in [0.2, 0.25) is 0 Å². The summed E-state index contributed by atoms with van der Waals surface area (Å²) in [6, 6.07) is 2.17. The molecule has 0 saturated heterocycles. The van der Waals surface area contributed by atoms with Crippen molar-refractivity contribution in [3.05, 3.63) is 58.8 Å². The van der Waals surface area contributed by atoms with E-state index in [1.807, 2.05) is 12.4 Å². The number of nitrogens with zero attached hydrogens (tertiary/aromatic N) is 1. The van der Waals surface area contributed by atoms with Crippen LogP contribution in [0.4, 0.5) is 0 Å². The van der Waals surface area contributed by atoms with Crippen LogP contribution in [0.5, 0.6) is 0 Å². The number of hydrogen-bond acceptors (Lipinski definition) is 2. The van der Waals surface area contributed by atoms with E-state index in [1.165, 1.54) is 11.1 Å². The Morgan fingerprint density at radius 2 is 2.44 bits per heavy atom. The minimum atomic E-state index is 0.370. The molecule has 2 aromatic heterocycles. The van der Waals surface area contributed by atoms with Crippen molar-refractivity contribution in [1.82, 2.24) is 9.97 Å². The van der Waals surface area contributed by atoms with E-state index in [9.17, 15) is 0 Å². The van der Waals surface area contributed by atoms with Gasteiger partial charge in [0.25, 0.3) is 0 Å². The zero-order chi connectivity index (χ0) is 10.8. The summed E-state index contributed by atoms with van der Waals surface area (Å²) in [7, 11) is 0. The second-order valence-electron chi connectivity index (χ2n) is 3.82. The van der Waals surface area contributed by atoms with Gasteiger partial charge in [-0.25, -0.2) is 4.98 Å². The van der Waals surface area contributed by atoms with Gasteiger partial charge in [0.1, 0.15) is 5.82 Å². The Balaban J connectivity index is 2.01. The molecule has 16 heavy (non-hydrogen) atoms. The van der Waals surface area contributed by atoms with Crippen molar-refractivity contribution in [3.8, 4) is 0 Å². The predicted octanol–water partition coefficient (Wildman–Crippen LogP) is 3.60. The highest BCUT2D eigenvalue weighted by molar-refractivity contribution is 7.08. The molecule has 3 rings (SSSR count). The largest absolute Gasteiger partial charge is 0.348 e. The third-order valence-corrected chi connectivity index (χ3v) is 3.55. The van der Waals surface area contributed by atoms with E-state index in [0.29, 0.717) is 5.92 Å². The van der Waals surface area contributed by atoms with Crippen LogP contribution in [0.25, 0.3) is 5.57 Å².